The van der Waals surface area contributed by atoms with E-state index < -0.39 is 0 Å². The quantitative estimate of drug-likeness (QED) is 0.146. The molecule has 10 rings (SSSR count). The molecule has 1 aliphatic rings. The van der Waals surface area contributed by atoms with Crippen LogP contribution in [0.25, 0.3) is 95.4 Å². The Bertz CT molecular complexity index is 3010. The first-order chi connectivity index (χ1) is 30.2. The van der Waals surface area contributed by atoms with Crippen molar-refractivity contribution in [2.75, 3.05) is 0 Å². The van der Waals surface area contributed by atoms with E-state index in [1.165, 1.54) is 33.4 Å². The Morgan fingerprint density at radius 3 is 1.26 bits per heavy atom. The molecule has 61 heavy (non-hydrogen) atoms. The maximum absolute atomic E-state index is 5.21. The SMILES string of the molecule is CC1CC=CC=C1c1ccc(-c2nc(-c3ccccc3)nc(-c3cccc(-c4cc(-c5ccccc5)c(-c5ccccc5)c(-c5ccccc5)c4-c4ccccc4)c3)n2)cc1. The fourth-order valence-electron chi connectivity index (χ4n) is 8.57. The summed E-state index contributed by atoms with van der Waals surface area (Å²) in [5.41, 5.74) is 16.9. The molecule has 0 saturated heterocycles. The molecule has 1 aromatic heterocycles. The first-order valence-corrected chi connectivity index (χ1v) is 21.0. The van der Waals surface area contributed by atoms with Gasteiger partial charge in [-0.1, -0.05) is 219 Å². The van der Waals surface area contributed by atoms with Crippen LogP contribution in [0.15, 0.2) is 224 Å². The molecule has 0 N–H and O–H groups in total. The van der Waals surface area contributed by atoms with Crippen molar-refractivity contribution in [1.29, 1.82) is 0 Å². The molecule has 1 aliphatic carbocycles. The molecular weight excluding hydrogens is 739 g/mol. The Morgan fingerprint density at radius 1 is 0.344 bits per heavy atom. The van der Waals surface area contributed by atoms with Gasteiger partial charge in [-0.25, -0.2) is 15.0 Å². The van der Waals surface area contributed by atoms with Crippen molar-refractivity contribution in [3.05, 3.63) is 230 Å². The third-order valence-corrected chi connectivity index (χ3v) is 11.6. The largest absolute Gasteiger partial charge is 0.208 e. The van der Waals surface area contributed by atoms with Gasteiger partial charge in [0.1, 0.15) is 0 Å². The molecular formula is C58H43N3. The van der Waals surface area contributed by atoms with E-state index in [9.17, 15) is 0 Å². The Balaban J connectivity index is 1.20. The third-order valence-electron chi connectivity index (χ3n) is 11.6. The van der Waals surface area contributed by atoms with Crippen molar-refractivity contribution in [2.45, 2.75) is 13.3 Å². The van der Waals surface area contributed by atoms with Gasteiger partial charge in [-0.15, -0.1) is 0 Å². The van der Waals surface area contributed by atoms with Crippen molar-refractivity contribution < 1.29 is 0 Å². The van der Waals surface area contributed by atoms with E-state index in [1.807, 2.05) is 18.2 Å². The lowest BCUT2D eigenvalue weighted by Crippen LogP contribution is -2.02. The highest BCUT2D eigenvalue weighted by Gasteiger charge is 2.24. The average molecular weight is 782 g/mol. The van der Waals surface area contributed by atoms with E-state index in [-0.39, 0.29) is 0 Å². The fourth-order valence-corrected chi connectivity index (χ4v) is 8.57. The maximum atomic E-state index is 5.21. The Labute approximate surface area is 358 Å². The molecule has 0 saturated carbocycles. The Hall–Kier alpha value is -7.75. The molecule has 9 aromatic rings. The summed E-state index contributed by atoms with van der Waals surface area (Å²) in [7, 11) is 0. The van der Waals surface area contributed by atoms with Crippen LogP contribution in [0.5, 0.6) is 0 Å². The third kappa shape index (κ3) is 7.66. The van der Waals surface area contributed by atoms with Gasteiger partial charge in [0.15, 0.2) is 17.5 Å². The second kappa shape index (κ2) is 16.8. The molecule has 0 bridgehead atoms. The van der Waals surface area contributed by atoms with Gasteiger partial charge in [0.25, 0.3) is 0 Å². The molecule has 0 spiro atoms. The molecule has 1 heterocycles. The second-order valence-corrected chi connectivity index (χ2v) is 15.6. The van der Waals surface area contributed by atoms with Crippen molar-refractivity contribution in [3.63, 3.8) is 0 Å². The molecule has 0 amide bonds. The fraction of sp³-hybridized carbons (Fsp3) is 0.0517. The van der Waals surface area contributed by atoms with Crippen LogP contribution < -0.4 is 0 Å². The van der Waals surface area contributed by atoms with Gasteiger partial charge in [0, 0.05) is 16.7 Å². The predicted molar refractivity (Wildman–Crippen MR) is 254 cm³/mol. The summed E-state index contributed by atoms with van der Waals surface area (Å²) < 4.78 is 0. The first-order valence-electron chi connectivity index (χ1n) is 21.0. The molecule has 3 heteroatoms. The van der Waals surface area contributed by atoms with E-state index in [2.05, 4.69) is 213 Å². The lowest BCUT2D eigenvalue weighted by molar-refractivity contribution is 0.758. The highest BCUT2D eigenvalue weighted by atomic mass is 15.0. The predicted octanol–water partition coefficient (Wildman–Crippen LogP) is 15.2. The van der Waals surface area contributed by atoms with E-state index in [1.54, 1.807) is 0 Å². The molecule has 0 aliphatic heterocycles. The lowest BCUT2D eigenvalue weighted by Gasteiger charge is -2.24. The van der Waals surface area contributed by atoms with Crippen LogP contribution in [0.3, 0.4) is 0 Å². The summed E-state index contributed by atoms with van der Waals surface area (Å²) in [5, 5.41) is 0. The first kappa shape index (κ1) is 37.5. The minimum atomic E-state index is 0.473. The number of allylic oxidation sites excluding steroid dienone is 4. The monoisotopic (exact) mass is 781 g/mol. The van der Waals surface area contributed by atoms with Gasteiger partial charge < -0.3 is 0 Å². The molecule has 3 nitrogen and oxygen atoms in total. The van der Waals surface area contributed by atoms with Gasteiger partial charge in [0.05, 0.1) is 0 Å². The minimum absolute atomic E-state index is 0.473. The zero-order chi connectivity index (χ0) is 41.0. The normalized spacial score (nSPS) is 13.5. The van der Waals surface area contributed by atoms with Crippen LogP contribution in [0, 0.1) is 5.92 Å². The summed E-state index contributed by atoms with van der Waals surface area (Å²) in [6, 6.07) is 73.1. The highest BCUT2D eigenvalue weighted by Crippen LogP contribution is 2.50. The highest BCUT2D eigenvalue weighted by molar-refractivity contribution is 6.07. The van der Waals surface area contributed by atoms with Crippen LogP contribution >= 0.6 is 0 Å². The number of hydrogen-bond donors (Lipinski definition) is 0. The van der Waals surface area contributed by atoms with Crippen LogP contribution in [0.1, 0.15) is 18.9 Å². The van der Waals surface area contributed by atoms with Crippen molar-refractivity contribution in [3.8, 4) is 89.8 Å². The average Bonchev–Trinajstić information content (AvgIpc) is 3.35. The Morgan fingerprint density at radius 2 is 0.738 bits per heavy atom. The molecule has 0 fully saturated rings. The second-order valence-electron chi connectivity index (χ2n) is 15.6. The molecule has 1 atom stereocenters. The zero-order valence-corrected chi connectivity index (χ0v) is 34.0. The number of nitrogens with zero attached hydrogens (tertiary/aromatic N) is 3. The van der Waals surface area contributed by atoms with Crippen LogP contribution in [0.4, 0.5) is 0 Å². The summed E-state index contributed by atoms with van der Waals surface area (Å²) in [4.78, 5) is 15.4. The van der Waals surface area contributed by atoms with Gasteiger partial charge in [-0.05, 0) is 91.2 Å². The maximum Gasteiger partial charge on any atom is 0.164 e. The van der Waals surface area contributed by atoms with E-state index >= 15 is 0 Å². The lowest BCUT2D eigenvalue weighted by atomic mass is 9.79. The van der Waals surface area contributed by atoms with Crippen molar-refractivity contribution >= 4 is 5.57 Å². The molecule has 1 unspecified atom stereocenters. The number of benzene rings is 8. The summed E-state index contributed by atoms with van der Waals surface area (Å²) in [5.74, 6) is 2.37. The number of hydrogen-bond acceptors (Lipinski definition) is 3. The van der Waals surface area contributed by atoms with E-state index in [0.29, 0.717) is 23.4 Å². The van der Waals surface area contributed by atoms with Crippen LogP contribution in [-0.4, -0.2) is 15.0 Å². The standard InChI is InChI=1S/C58H43N3/c1-40-20-17-18-33-50(40)42-34-36-47(37-35-42)57-59-56(46-29-15-6-16-30-46)60-58(61-57)49-32-19-31-48(38-49)52-39-51(41-21-7-2-8-22-41)53(43-23-9-3-10-24-43)55(45-27-13-5-14-28-45)54(52)44-25-11-4-12-26-44/h2-19,21-40H,20H2,1H3. The number of rotatable bonds is 9. The summed E-state index contributed by atoms with van der Waals surface area (Å²) in [6.45, 7) is 2.28. The van der Waals surface area contributed by atoms with E-state index in [4.69, 9.17) is 15.0 Å². The number of aromatic nitrogens is 3. The minimum Gasteiger partial charge on any atom is -0.208 e. The van der Waals surface area contributed by atoms with Crippen LogP contribution in [0.2, 0.25) is 0 Å². The van der Waals surface area contributed by atoms with Crippen molar-refractivity contribution in [1.82, 2.24) is 15.0 Å². The van der Waals surface area contributed by atoms with Crippen molar-refractivity contribution in [2.24, 2.45) is 5.92 Å². The summed E-state index contributed by atoms with van der Waals surface area (Å²) in [6.07, 6.45) is 7.68. The van der Waals surface area contributed by atoms with Gasteiger partial charge in [-0.2, -0.15) is 0 Å². The van der Waals surface area contributed by atoms with Gasteiger partial charge in [0.2, 0.25) is 0 Å². The zero-order valence-electron chi connectivity index (χ0n) is 34.0. The topological polar surface area (TPSA) is 38.7 Å². The van der Waals surface area contributed by atoms with E-state index in [0.717, 1.165) is 56.5 Å². The molecule has 290 valence electrons. The molecule has 0 radical (unpaired) electrons. The smallest absolute Gasteiger partial charge is 0.164 e. The Kier molecular flexibility index (Phi) is 10.4. The van der Waals surface area contributed by atoms with Gasteiger partial charge in [-0.3, -0.25) is 0 Å². The van der Waals surface area contributed by atoms with Gasteiger partial charge >= 0.3 is 0 Å². The van der Waals surface area contributed by atoms with Crippen LogP contribution in [-0.2, 0) is 0 Å². The summed E-state index contributed by atoms with van der Waals surface area (Å²) >= 11 is 0. The molecule has 8 aromatic carbocycles.